The van der Waals surface area contributed by atoms with Crippen LogP contribution in [-0.2, 0) is 4.74 Å². The molecule has 3 atom stereocenters. The van der Waals surface area contributed by atoms with Crippen molar-refractivity contribution in [2.45, 2.75) is 76.9 Å². The van der Waals surface area contributed by atoms with Crippen molar-refractivity contribution in [1.29, 1.82) is 0 Å². The van der Waals surface area contributed by atoms with Crippen molar-refractivity contribution in [3.8, 4) is 0 Å². The van der Waals surface area contributed by atoms with Gasteiger partial charge >= 0.3 is 0 Å². The summed E-state index contributed by atoms with van der Waals surface area (Å²) in [6, 6.07) is 0.735. The zero-order chi connectivity index (χ0) is 13.3. The summed E-state index contributed by atoms with van der Waals surface area (Å²) in [7, 11) is 0. The van der Waals surface area contributed by atoms with Crippen molar-refractivity contribution < 1.29 is 4.74 Å². The van der Waals surface area contributed by atoms with Crippen LogP contribution in [0.2, 0.25) is 0 Å². The van der Waals surface area contributed by atoms with E-state index in [1.54, 1.807) is 0 Å². The normalized spacial score (nSPS) is 33.5. The third-order valence-electron chi connectivity index (χ3n) is 5.93. The van der Waals surface area contributed by atoms with E-state index in [0.29, 0.717) is 0 Å². The van der Waals surface area contributed by atoms with Gasteiger partial charge < -0.3 is 10.1 Å². The highest BCUT2D eigenvalue weighted by Gasteiger charge is 2.44. The molecule has 0 aromatic carbocycles. The van der Waals surface area contributed by atoms with Crippen LogP contribution in [0.4, 0.5) is 0 Å². The van der Waals surface area contributed by atoms with Gasteiger partial charge in [0.25, 0.3) is 0 Å². The van der Waals surface area contributed by atoms with Gasteiger partial charge in [-0.25, -0.2) is 0 Å². The second kappa shape index (κ2) is 5.73. The Morgan fingerprint density at radius 1 is 1.16 bits per heavy atom. The third kappa shape index (κ3) is 3.00. The van der Waals surface area contributed by atoms with Gasteiger partial charge in [0.2, 0.25) is 0 Å². The van der Waals surface area contributed by atoms with Crippen LogP contribution in [-0.4, -0.2) is 24.8 Å². The van der Waals surface area contributed by atoms with Crippen molar-refractivity contribution in [3.63, 3.8) is 0 Å². The van der Waals surface area contributed by atoms with Crippen molar-refractivity contribution in [2.24, 2.45) is 17.8 Å². The van der Waals surface area contributed by atoms with Crippen LogP contribution in [0.15, 0.2) is 0 Å². The second-order valence-corrected chi connectivity index (χ2v) is 7.27. The topological polar surface area (TPSA) is 21.3 Å². The van der Waals surface area contributed by atoms with E-state index < -0.39 is 0 Å². The minimum atomic E-state index is 0.278. The Balaban J connectivity index is 1.66. The van der Waals surface area contributed by atoms with Crippen molar-refractivity contribution in [1.82, 2.24) is 5.32 Å². The maximum absolute atomic E-state index is 6.21. The summed E-state index contributed by atoms with van der Waals surface area (Å²) in [6.07, 6.45) is 10.9. The quantitative estimate of drug-likeness (QED) is 0.817. The number of hydrogen-bond donors (Lipinski definition) is 1. The van der Waals surface area contributed by atoms with Gasteiger partial charge in [0.05, 0.1) is 5.60 Å². The highest BCUT2D eigenvalue weighted by Crippen LogP contribution is 2.46. The monoisotopic (exact) mass is 265 g/mol. The first-order valence-corrected chi connectivity index (χ1v) is 8.61. The molecular weight excluding hydrogens is 234 g/mol. The Hall–Kier alpha value is -0.0800. The lowest BCUT2D eigenvalue weighted by atomic mass is 9.76. The first kappa shape index (κ1) is 13.9. The summed E-state index contributed by atoms with van der Waals surface area (Å²) < 4.78 is 6.21. The molecule has 1 heterocycles. The molecule has 110 valence electrons. The average molecular weight is 265 g/mol. The molecule has 2 heteroatoms. The van der Waals surface area contributed by atoms with E-state index in [2.05, 4.69) is 19.2 Å². The van der Waals surface area contributed by atoms with Crippen LogP contribution in [0.25, 0.3) is 0 Å². The fraction of sp³-hybridized carbons (Fsp3) is 1.00. The van der Waals surface area contributed by atoms with Crippen LogP contribution in [0.5, 0.6) is 0 Å². The van der Waals surface area contributed by atoms with Crippen LogP contribution in [0.1, 0.15) is 65.2 Å². The van der Waals surface area contributed by atoms with Gasteiger partial charge in [-0.05, 0) is 62.8 Å². The van der Waals surface area contributed by atoms with Gasteiger partial charge in [-0.2, -0.15) is 0 Å². The molecule has 3 fully saturated rings. The fourth-order valence-electron chi connectivity index (χ4n) is 4.67. The highest BCUT2D eigenvalue weighted by atomic mass is 16.5. The minimum absolute atomic E-state index is 0.278. The standard InChI is InChI=1S/C17H31NO/c1-3-18-16(13(2)14-6-7-14)15-8-11-19-17(12-15)9-4-5-10-17/h13-16,18H,3-12H2,1-2H3. The van der Waals surface area contributed by atoms with Gasteiger partial charge in [-0.15, -0.1) is 0 Å². The molecule has 2 saturated carbocycles. The maximum Gasteiger partial charge on any atom is 0.0685 e. The number of rotatable bonds is 5. The smallest absolute Gasteiger partial charge is 0.0685 e. The van der Waals surface area contributed by atoms with Crippen LogP contribution in [0.3, 0.4) is 0 Å². The Labute approximate surface area is 118 Å². The Morgan fingerprint density at radius 2 is 1.89 bits per heavy atom. The maximum atomic E-state index is 6.21. The molecule has 2 aliphatic carbocycles. The third-order valence-corrected chi connectivity index (χ3v) is 5.93. The van der Waals surface area contributed by atoms with E-state index in [0.717, 1.165) is 36.9 Å². The van der Waals surface area contributed by atoms with Crippen molar-refractivity contribution in [3.05, 3.63) is 0 Å². The molecule has 1 spiro atoms. The molecule has 2 nitrogen and oxygen atoms in total. The second-order valence-electron chi connectivity index (χ2n) is 7.27. The van der Waals surface area contributed by atoms with E-state index in [1.807, 2.05) is 0 Å². The molecule has 0 amide bonds. The van der Waals surface area contributed by atoms with Gasteiger partial charge in [-0.1, -0.05) is 26.7 Å². The zero-order valence-electron chi connectivity index (χ0n) is 12.8. The molecule has 0 radical (unpaired) electrons. The van der Waals surface area contributed by atoms with Gasteiger partial charge in [-0.3, -0.25) is 0 Å². The summed E-state index contributed by atoms with van der Waals surface area (Å²) in [5.74, 6) is 2.72. The molecule has 19 heavy (non-hydrogen) atoms. The average Bonchev–Trinajstić information content (AvgIpc) is 3.18. The van der Waals surface area contributed by atoms with Crippen LogP contribution >= 0.6 is 0 Å². The largest absolute Gasteiger partial charge is 0.375 e. The molecule has 0 aromatic rings. The first-order chi connectivity index (χ1) is 9.24. The molecule has 1 aliphatic heterocycles. The molecule has 3 unspecified atom stereocenters. The van der Waals surface area contributed by atoms with E-state index in [4.69, 9.17) is 4.74 Å². The SMILES string of the molecule is CCNC(C1CCOC2(CCCC2)C1)C(C)C1CC1. The molecule has 1 N–H and O–H groups in total. The summed E-state index contributed by atoms with van der Waals surface area (Å²) in [5.41, 5.74) is 0.278. The predicted octanol–water partition coefficient (Wildman–Crippen LogP) is 3.75. The summed E-state index contributed by atoms with van der Waals surface area (Å²) in [4.78, 5) is 0. The Morgan fingerprint density at radius 3 is 2.53 bits per heavy atom. The lowest BCUT2D eigenvalue weighted by Crippen LogP contribution is -2.48. The summed E-state index contributed by atoms with van der Waals surface area (Å²) in [5, 5.41) is 3.82. The van der Waals surface area contributed by atoms with Gasteiger partial charge in [0.1, 0.15) is 0 Å². The van der Waals surface area contributed by atoms with E-state index in [-0.39, 0.29) is 5.60 Å². The van der Waals surface area contributed by atoms with Crippen molar-refractivity contribution >= 4 is 0 Å². The molecule has 3 rings (SSSR count). The van der Waals surface area contributed by atoms with E-state index >= 15 is 0 Å². The van der Waals surface area contributed by atoms with Gasteiger partial charge in [0, 0.05) is 12.6 Å². The fourth-order valence-corrected chi connectivity index (χ4v) is 4.67. The zero-order valence-corrected chi connectivity index (χ0v) is 12.8. The highest BCUT2D eigenvalue weighted by molar-refractivity contribution is 4.97. The minimum Gasteiger partial charge on any atom is -0.375 e. The number of ether oxygens (including phenoxy) is 1. The molecule has 1 saturated heterocycles. The van der Waals surface area contributed by atoms with Crippen LogP contribution in [0, 0.1) is 17.8 Å². The van der Waals surface area contributed by atoms with Gasteiger partial charge in [0.15, 0.2) is 0 Å². The molecule has 3 aliphatic rings. The predicted molar refractivity (Wildman–Crippen MR) is 79.2 cm³/mol. The van der Waals surface area contributed by atoms with Crippen molar-refractivity contribution in [2.75, 3.05) is 13.2 Å². The first-order valence-electron chi connectivity index (χ1n) is 8.61. The van der Waals surface area contributed by atoms with E-state index in [1.165, 1.54) is 51.4 Å². The molecule has 0 aromatic heterocycles. The lowest BCUT2D eigenvalue weighted by Gasteiger charge is -2.43. The Bertz CT molecular complexity index is 294. The number of hydrogen-bond acceptors (Lipinski definition) is 2. The van der Waals surface area contributed by atoms with E-state index in [9.17, 15) is 0 Å². The van der Waals surface area contributed by atoms with Crippen LogP contribution < -0.4 is 5.32 Å². The Kier molecular flexibility index (Phi) is 4.19. The molecule has 0 bridgehead atoms. The molecular formula is C17H31NO. The summed E-state index contributed by atoms with van der Waals surface area (Å²) >= 11 is 0. The number of nitrogens with one attached hydrogen (secondary N) is 1. The summed E-state index contributed by atoms with van der Waals surface area (Å²) in [6.45, 7) is 6.87. The lowest BCUT2D eigenvalue weighted by molar-refractivity contribution is -0.101.